The molecule has 0 saturated carbocycles. The summed E-state index contributed by atoms with van der Waals surface area (Å²) in [6.07, 6.45) is 1.89. The highest BCUT2D eigenvalue weighted by Gasteiger charge is 2.48. The molecule has 2 heterocycles. The molecule has 6 aromatic carbocycles. The lowest BCUT2D eigenvalue weighted by molar-refractivity contribution is 0.477. The molecule has 0 atom stereocenters. The van der Waals surface area contributed by atoms with Gasteiger partial charge < -0.3 is 5.11 Å². The van der Waals surface area contributed by atoms with Gasteiger partial charge in [-0.15, -0.1) is 0 Å². The number of phenols is 1. The van der Waals surface area contributed by atoms with Gasteiger partial charge in [0, 0.05) is 11.1 Å². The Kier molecular flexibility index (Phi) is 7.62. The average molecular weight is 702 g/mol. The second-order valence-corrected chi connectivity index (χ2v) is 16.7. The Morgan fingerprint density at radius 1 is 0.500 bits per heavy atom. The van der Waals surface area contributed by atoms with Gasteiger partial charge in [-0.2, -0.15) is 0 Å². The van der Waals surface area contributed by atoms with Gasteiger partial charge in [0.25, 0.3) is 0 Å². The van der Waals surface area contributed by atoms with Crippen LogP contribution in [0.4, 0.5) is 0 Å². The maximum absolute atomic E-state index is 11.0. The highest BCUT2D eigenvalue weighted by molar-refractivity contribution is 5.95. The molecule has 8 aromatic rings. The van der Waals surface area contributed by atoms with E-state index in [4.69, 9.17) is 15.0 Å². The normalized spacial score (nSPS) is 13.6. The number of rotatable bonds is 4. The third-order valence-electron chi connectivity index (χ3n) is 11.2. The van der Waals surface area contributed by atoms with Crippen LogP contribution in [0.25, 0.3) is 55.4 Å². The monoisotopic (exact) mass is 701 g/mol. The van der Waals surface area contributed by atoms with Gasteiger partial charge in [0.2, 0.25) is 0 Å². The molecule has 264 valence electrons. The Hall–Kier alpha value is -6.13. The van der Waals surface area contributed by atoms with Gasteiger partial charge in [-0.3, -0.25) is 9.97 Å². The molecule has 1 N–H and O–H groups in total. The van der Waals surface area contributed by atoms with Crippen LogP contribution in [0.2, 0.25) is 0 Å². The van der Waals surface area contributed by atoms with E-state index < -0.39 is 5.41 Å². The summed E-state index contributed by atoms with van der Waals surface area (Å²) in [5, 5.41) is 13.3. The molecule has 54 heavy (non-hydrogen) atoms. The zero-order valence-corrected chi connectivity index (χ0v) is 31.6. The van der Waals surface area contributed by atoms with Crippen LogP contribution < -0.4 is 0 Å². The highest BCUT2D eigenvalue weighted by atomic mass is 16.3. The van der Waals surface area contributed by atoms with Crippen LogP contribution in [-0.4, -0.2) is 20.1 Å². The molecule has 4 nitrogen and oxygen atoms in total. The van der Waals surface area contributed by atoms with Crippen LogP contribution in [-0.2, 0) is 16.2 Å². The summed E-state index contributed by atoms with van der Waals surface area (Å²) in [4.78, 5) is 15.6. The molecule has 1 aliphatic rings. The predicted octanol–water partition coefficient (Wildman–Crippen LogP) is 12.2. The Morgan fingerprint density at radius 2 is 1.11 bits per heavy atom. The molecule has 0 saturated heterocycles. The van der Waals surface area contributed by atoms with Gasteiger partial charge in [0.05, 0.1) is 39.7 Å². The molecule has 9 rings (SSSR count). The van der Waals surface area contributed by atoms with E-state index in [9.17, 15) is 5.11 Å². The minimum Gasteiger partial charge on any atom is -0.507 e. The summed E-state index contributed by atoms with van der Waals surface area (Å²) in [7, 11) is 0. The van der Waals surface area contributed by atoms with E-state index >= 15 is 0 Å². The summed E-state index contributed by atoms with van der Waals surface area (Å²) < 4.78 is 0. The van der Waals surface area contributed by atoms with Gasteiger partial charge in [0.15, 0.2) is 0 Å². The molecule has 0 fully saturated rings. The van der Waals surface area contributed by atoms with E-state index in [0.29, 0.717) is 5.56 Å². The molecule has 0 aliphatic heterocycles. The molecule has 4 heteroatoms. The molecule has 0 spiro atoms. The molecular weight excluding hydrogens is 659 g/mol. The van der Waals surface area contributed by atoms with Gasteiger partial charge in [-0.05, 0) is 103 Å². The van der Waals surface area contributed by atoms with Crippen LogP contribution >= 0.6 is 0 Å². The quantitative estimate of drug-likeness (QED) is 0.186. The zero-order chi connectivity index (χ0) is 37.4. The van der Waals surface area contributed by atoms with Crippen LogP contribution in [0.3, 0.4) is 0 Å². The Morgan fingerprint density at radius 3 is 1.76 bits per heavy atom. The molecule has 1 aliphatic carbocycles. The molecule has 0 amide bonds. The van der Waals surface area contributed by atoms with Crippen LogP contribution in [0.15, 0.2) is 146 Å². The first-order valence-corrected chi connectivity index (χ1v) is 18.7. The van der Waals surface area contributed by atoms with E-state index in [1.54, 1.807) is 6.07 Å². The number of hydrogen-bond acceptors (Lipinski definition) is 4. The SMILES string of the molecule is CC(C)(C)c1ccc2c(c1)C(c1cccc(-c3cnc4cc5ccccc5cc4n3)c1)(c1cccc(-c3ccccc3O)n1)c1cc(C(C)(C)C)ccc1-2. The first-order chi connectivity index (χ1) is 25.9. The largest absolute Gasteiger partial charge is 0.507 e. The number of hydrogen-bond donors (Lipinski definition) is 1. The smallest absolute Gasteiger partial charge is 0.124 e. The van der Waals surface area contributed by atoms with Crippen LogP contribution in [0.1, 0.15) is 75.1 Å². The van der Waals surface area contributed by atoms with E-state index in [0.717, 1.165) is 50.0 Å². The summed E-state index contributed by atoms with van der Waals surface area (Å²) in [5.74, 6) is 0.207. The summed E-state index contributed by atoms with van der Waals surface area (Å²) in [5.41, 5.74) is 13.3. The van der Waals surface area contributed by atoms with Crippen molar-refractivity contribution in [3.63, 3.8) is 0 Å². The molecule has 2 aromatic heterocycles. The van der Waals surface area contributed by atoms with Crippen molar-refractivity contribution < 1.29 is 5.11 Å². The fraction of sp³-hybridized carbons (Fsp3) is 0.180. The summed E-state index contributed by atoms with van der Waals surface area (Å²) >= 11 is 0. The van der Waals surface area contributed by atoms with Crippen molar-refractivity contribution in [2.24, 2.45) is 0 Å². The van der Waals surface area contributed by atoms with Crippen molar-refractivity contribution >= 4 is 21.8 Å². The van der Waals surface area contributed by atoms with E-state index in [-0.39, 0.29) is 16.6 Å². The number of benzene rings is 6. The van der Waals surface area contributed by atoms with Crippen LogP contribution in [0.5, 0.6) is 5.75 Å². The van der Waals surface area contributed by atoms with E-state index in [2.05, 4.69) is 151 Å². The van der Waals surface area contributed by atoms with Crippen molar-refractivity contribution in [1.29, 1.82) is 0 Å². The third-order valence-corrected chi connectivity index (χ3v) is 11.2. The minimum atomic E-state index is -0.788. The lowest BCUT2D eigenvalue weighted by atomic mass is 9.67. The fourth-order valence-electron chi connectivity index (χ4n) is 8.22. The zero-order valence-electron chi connectivity index (χ0n) is 31.6. The summed E-state index contributed by atoms with van der Waals surface area (Å²) in [6.45, 7) is 13.6. The first kappa shape index (κ1) is 33.7. The summed E-state index contributed by atoms with van der Waals surface area (Å²) in [6, 6.07) is 49.1. The van der Waals surface area contributed by atoms with Crippen molar-refractivity contribution in [3.05, 3.63) is 179 Å². The Balaban J connectivity index is 1.36. The van der Waals surface area contributed by atoms with Crippen molar-refractivity contribution in [2.75, 3.05) is 0 Å². The highest BCUT2D eigenvalue weighted by Crippen LogP contribution is 2.57. The van der Waals surface area contributed by atoms with Crippen molar-refractivity contribution in [2.45, 2.75) is 57.8 Å². The second-order valence-electron chi connectivity index (χ2n) is 16.7. The maximum Gasteiger partial charge on any atom is 0.124 e. The molecular formula is C50H43N3O. The van der Waals surface area contributed by atoms with Crippen molar-refractivity contribution in [3.8, 4) is 39.4 Å². The lowest BCUT2D eigenvalue weighted by Gasteiger charge is -2.35. The Labute approximate surface area is 317 Å². The average Bonchev–Trinajstić information content (AvgIpc) is 3.46. The van der Waals surface area contributed by atoms with Crippen LogP contribution in [0, 0.1) is 0 Å². The molecule has 0 unspecified atom stereocenters. The molecule has 0 radical (unpaired) electrons. The maximum atomic E-state index is 11.0. The van der Waals surface area contributed by atoms with Crippen molar-refractivity contribution in [1.82, 2.24) is 15.0 Å². The number of fused-ring (bicyclic) bond motifs is 5. The standard InChI is InChI=1S/C50H43N3O/c1-48(2,3)34-21-23-37-38-24-22-35(49(4,5)6)29-41(38)50(40(37)28-34,47-20-12-18-42(53-47)39-17-9-10-19-46(39)54)36-16-11-15-33(25-36)45-30-51-43-26-31-13-7-8-14-32(31)27-44(43)52-45/h7-30,54H,1-6H3. The first-order valence-electron chi connectivity index (χ1n) is 18.7. The second kappa shape index (κ2) is 12.2. The third kappa shape index (κ3) is 5.39. The number of phenolic OH excluding ortho intramolecular Hbond substituents is 1. The Bertz CT molecular complexity index is 2700. The number of pyridine rings is 1. The van der Waals surface area contributed by atoms with Gasteiger partial charge >= 0.3 is 0 Å². The predicted molar refractivity (Wildman–Crippen MR) is 222 cm³/mol. The number of nitrogens with zero attached hydrogens (tertiary/aromatic N) is 3. The van der Waals surface area contributed by atoms with Gasteiger partial charge in [0.1, 0.15) is 5.75 Å². The fourth-order valence-corrected chi connectivity index (χ4v) is 8.22. The van der Waals surface area contributed by atoms with Gasteiger partial charge in [-0.1, -0.05) is 139 Å². The topological polar surface area (TPSA) is 58.9 Å². The van der Waals surface area contributed by atoms with E-state index in [1.807, 2.05) is 30.5 Å². The lowest BCUT2D eigenvalue weighted by Crippen LogP contribution is -2.31. The van der Waals surface area contributed by atoms with E-state index in [1.165, 1.54) is 33.4 Å². The van der Waals surface area contributed by atoms with Gasteiger partial charge in [-0.25, -0.2) is 4.98 Å². The minimum absolute atomic E-state index is 0.0794. The number of aromatic hydroxyl groups is 1. The number of aromatic nitrogens is 3. The molecule has 0 bridgehead atoms. The number of para-hydroxylation sites is 1.